The van der Waals surface area contributed by atoms with E-state index in [1.807, 2.05) is 0 Å². The molecule has 0 radical (unpaired) electrons. The third-order valence-corrected chi connectivity index (χ3v) is 6.74. The molecule has 2 bridgehead atoms. The van der Waals surface area contributed by atoms with Gasteiger partial charge in [0.25, 0.3) is 0 Å². The van der Waals surface area contributed by atoms with Crippen molar-refractivity contribution in [1.29, 1.82) is 0 Å². The SMILES string of the molecule is O=C(/C=C/c1cc(Cl)ccc1-n1cnnn1)NC1CCCCCC(=O)Nc2cc(F)ccc2-c2nc1[nH]c2Cl. The van der Waals surface area contributed by atoms with Gasteiger partial charge in [-0.2, -0.15) is 4.68 Å². The van der Waals surface area contributed by atoms with Crippen molar-refractivity contribution in [3.05, 3.63) is 76.2 Å². The molecular formula is C26H23Cl2FN8O2. The zero-order valence-corrected chi connectivity index (χ0v) is 22.0. The highest BCUT2D eigenvalue weighted by Gasteiger charge is 2.23. The number of nitrogens with zero attached hydrogens (tertiary/aromatic N) is 5. The van der Waals surface area contributed by atoms with Crippen molar-refractivity contribution in [2.45, 2.75) is 38.1 Å². The number of H-pyrrole nitrogens is 1. The molecule has 2 aromatic heterocycles. The van der Waals surface area contributed by atoms with Gasteiger partial charge in [0.2, 0.25) is 11.8 Å². The molecule has 0 aliphatic carbocycles. The number of aromatic amines is 1. The molecule has 2 aromatic carbocycles. The number of anilines is 1. The molecule has 0 saturated heterocycles. The average molecular weight is 569 g/mol. The molecule has 2 amide bonds. The molecule has 200 valence electrons. The Kier molecular flexibility index (Phi) is 7.99. The van der Waals surface area contributed by atoms with Crippen LogP contribution in [0.25, 0.3) is 23.0 Å². The van der Waals surface area contributed by atoms with E-state index in [0.717, 1.165) is 12.8 Å². The quantitative estimate of drug-likeness (QED) is 0.287. The summed E-state index contributed by atoms with van der Waals surface area (Å²) in [6.45, 7) is 0. The minimum absolute atomic E-state index is 0.212. The molecular weight excluding hydrogens is 546 g/mol. The number of tetrazole rings is 1. The van der Waals surface area contributed by atoms with E-state index >= 15 is 0 Å². The van der Waals surface area contributed by atoms with Gasteiger partial charge in [-0.05, 0) is 65.7 Å². The van der Waals surface area contributed by atoms with E-state index in [2.05, 4.69) is 36.1 Å². The number of amides is 2. The van der Waals surface area contributed by atoms with Gasteiger partial charge in [-0.15, -0.1) is 5.10 Å². The highest BCUT2D eigenvalue weighted by molar-refractivity contribution is 6.32. The van der Waals surface area contributed by atoms with Crippen molar-refractivity contribution in [2.24, 2.45) is 0 Å². The van der Waals surface area contributed by atoms with Crippen molar-refractivity contribution in [2.75, 3.05) is 5.32 Å². The average Bonchev–Trinajstić information content (AvgIpc) is 3.57. The van der Waals surface area contributed by atoms with Gasteiger partial charge in [-0.1, -0.05) is 36.0 Å². The summed E-state index contributed by atoms with van der Waals surface area (Å²) in [7, 11) is 0. The maximum Gasteiger partial charge on any atom is 0.244 e. The molecule has 1 aliphatic heterocycles. The molecule has 13 heteroatoms. The number of hydrogen-bond acceptors (Lipinski definition) is 6. The zero-order chi connectivity index (χ0) is 27.4. The fourth-order valence-corrected chi connectivity index (χ4v) is 4.79. The van der Waals surface area contributed by atoms with Gasteiger partial charge in [0, 0.05) is 28.6 Å². The number of benzene rings is 2. The molecule has 0 saturated carbocycles. The summed E-state index contributed by atoms with van der Waals surface area (Å²) in [5.41, 5.74) is 2.39. The predicted octanol–water partition coefficient (Wildman–Crippen LogP) is 5.27. The summed E-state index contributed by atoms with van der Waals surface area (Å²) in [6.07, 6.45) is 7.45. The first-order valence-electron chi connectivity index (χ1n) is 12.2. The van der Waals surface area contributed by atoms with Gasteiger partial charge in [0.1, 0.15) is 28.8 Å². The van der Waals surface area contributed by atoms with Crippen LogP contribution in [-0.4, -0.2) is 42.0 Å². The van der Waals surface area contributed by atoms with Gasteiger partial charge in [-0.25, -0.2) is 9.37 Å². The van der Waals surface area contributed by atoms with Crippen LogP contribution in [-0.2, 0) is 9.59 Å². The molecule has 3 heterocycles. The van der Waals surface area contributed by atoms with Crippen LogP contribution in [0.4, 0.5) is 10.1 Å². The van der Waals surface area contributed by atoms with Gasteiger partial charge >= 0.3 is 0 Å². The van der Waals surface area contributed by atoms with Gasteiger partial charge in [0.05, 0.1) is 17.4 Å². The lowest BCUT2D eigenvalue weighted by Crippen LogP contribution is -2.27. The minimum atomic E-state index is -0.495. The summed E-state index contributed by atoms with van der Waals surface area (Å²) >= 11 is 12.7. The van der Waals surface area contributed by atoms with Gasteiger partial charge in [0.15, 0.2) is 0 Å². The monoisotopic (exact) mass is 568 g/mol. The van der Waals surface area contributed by atoms with Crippen molar-refractivity contribution in [3.63, 3.8) is 0 Å². The van der Waals surface area contributed by atoms with Crippen LogP contribution in [0.1, 0.15) is 49.5 Å². The molecule has 10 nitrogen and oxygen atoms in total. The number of fused-ring (bicyclic) bond motifs is 4. The Balaban J connectivity index is 1.42. The van der Waals surface area contributed by atoms with Crippen LogP contribution in [0.5, 0.6) is 0 Å². The van der Waals surface area contributed by atoms with Crippen molar-refractivity contribution < 1.29 is 14.0 Å². The molecule has 1 unspecified atom stereocenters. The fourth-order valence-electron chi connectivity index (χ4n) is 4.36. The number of imidazole rings is 1. The van der Waals surface area contributed by atoms with E-state index in [-0.39, 0.29) is 29.1 Å². The van der Waals surface area contributed by atoms with Crippen LogP contribution in [0.15, 0.2) is 48.8 Å². The molecule has 3 N–H and O–H groups in total. The maximum absolute atomic E-state index is 14.0. The van der Waals surface area contributed by atoms with Crippen LogP contribution in [0, 0.1) is 5.82 Å². The Morgan fingerprint density at radius 3 is 2.85 bits per heavy atom. The number of aromatic nitrogens is 6. The third kappa shape index (κ3) is 6.32. The second-order valence-corrected chi connectivity index (χ2v) is 9.79. The molecule has 0 spiro atoms. The first-order valence-corrected chi connectivity index (χ1v) is 13.0. The molecule has 1 atom stereocenters. The number of carbonyl (C=O) groups excluding carboxylic acids is 2. The Morgan fingerprint density at radius 2 is 2.03 bits per heavy atom. The number of hydrogen-bond donors (Lipinski definition) is 3. The van der Waals surface area contributed by atoms with E-state index in [1.165, 1.54) is 35.3 Å². The summed E-state index contributed by atoms with van der Waals surface area (Å²) in [5, 5.41) is 17.7. The van der Waals surface area contributed by atoms with Crippen LogP contribution in [0.2, 0.25) is 10.2 Å². The molecule has 5 rings (SSSR count). The molecule has 4 aromatic rings. The third-order valence-electron chi connectivity index (χ3n) is 6.23. The lowest BCUT2D eigenvalue weighted by atomic mass is 10.1. The minimum Gasteiger partial charge on any atom is -0.343 e. The summed E-state index contributed by atoms with van der Waals surface area (Å²) in [5.74, 6) is -0.620. The number of carbonyl (C=O) groups is 2. The number of halogens is 3. The van der Waals surface area contributed by atoms with E-state index in [4.69, 9.17) is 23.2 Å². The zero-order valence-electron chi connectivity index (χ0n) is 20.5. The Labute approximate surface area is 232 Å². The van der Waals surface area contributed by atoms with Crippen molar-refractivity contribution in [1.82, 2.24) is 35.5 Å². The predicted molar refractivity (Wildman–Crippen MR) is 145 cm³/mol. The van der Waals surface area contributed by atoms with Crippen molar-refractivity contribution >= 4 is 46.8 Å². The molecule has 39 heavy (non-hydrogen) atoms. The largest absolute Gasteiger partial charge is 0.343 e. The van der Waals surface area contributed by atoms with Crippen molar-refractivity contribution in [3.8, 4) is 16.9 Å². The topological polar surface area (TPSA) is 130 Å². The standard InChI is InChI=1S/C26H23Cl2FN8O2/c27-16-7-10-21(37-14-30-35-36-37)15(12-16)6-11-23(39)31-19-4-2-1-3-5-22(38)32-20-13-17(29)8-9-18(20)24-25(28)34-26(19)33-24/h6-14,19H,1-5H2,(H,31,39)(H,32,38)(H,33,34)/b11-6+. The fraction of sp³-hybridized carbons (Fsp3) is 0.231. The van der Waals surface area contributed by atoms with E-state index in [9.17, 15) is 14.0 Å². The van der Waals surface area contributed by atoms with Gasteiger partial charge in [-0.3, -0.25) is 9.59 Å². The van der Waals surface area contributed by atoms with Gasteiger partial charge < -0.3 is 15.6 Å². The first kappa shape index (κ1) is 26.5. The molecule has 0 fully saturated rings. The number of rotatable bonds is 4. The van der Waals surface area contributed by atoms with E-state index < -0.39 is 11.9 Å². The lowest BCUT2D eigenvalue weighted by molar-refractivity contribution is -0.117. The van der Waals surface area contributed by atoms with E-state index in [1.54, 1.807) is 24.3 Å². The highest BCUT2D eigenvalue weighted by atomic mass is 35.5. The second kappa shape index (κ2) is 11.7. The summed E-state index contributed by atoms with van der Waals surface area (Å²) in [4.78, 5) is 33.2. The Hall–Kier alpha value is -4.09. The smallest absolute Gasteiger partial charge is 0.244 e. The summed E-state index contributed by atoms with van der Waals surface area (Å²) < 4.78 is 15.5. The Bertz CT molecular complexity index is 1540. The lowest BCUT2D eigenvalue weighted by Gasteiger charge is -2.16. The molecule has 1 aliphatic rings. The normalized spacial score (nSPS) is 16.1. The van der Waals surface area contributed by atoms with Crippen LogP contribution < -0.4 is 10.6 Å². The maximum atomic E-state index is 14.0. The summed E-state index contributed by atoms with van der Waals surface area (Å²) in [6, 6.07) is 8.70. The van der Waals surface area contributed by atoms with E-state index in [0.29, 0.717) is 46.2 Å². The second-order valence-electron chi connectivity index (χ2n) is 8.97. The Morgan fingerprint density at radius 1 is 1.15 bits per heavy atom. The van der Waals surface area contributed by atoms with Crippen LogP contribution in [0.3, 0.4) is 0 Å². The first-order chi connectivity index (χ1) is 18.9. The highest BCUT2D eigenvalue weighted by Crippen LogP contribution is 2.34. The number of nitrogens with one attached hydrogen (secondary N) is 3. The van der Waals surface area contributed by atoms with Crippen LogP contribution >= 0.6 is 23.2 Å².